The van der Waals surface area contributed by atoms with Crippen LogP contribution in [0.2, 0.25) is 0 Å². The predicted octanol–water partition coefficient (Wildman–Crippen LogP) is 3.18. The van der Waals surface area contributed by atoms with Crippen LogP contribution >= 0.6 is 12.4 Å². The van der Waals surface area contributed by atoms with Gasteiger partial charge in [0.05, 0.1) is 6.61 Å². The molecular weight excluding hydrogens is 324 g/mol. The monoisotopic (exact) mass is 352 g/mol. The maximum absolute atomic E-state index is 12.6. The summed E-state index contributed by atoms with van der Waals surface area (Å²) in [6.07, 6.45) is 6.05. The molecule has 0 aromatic heterocycles. The fourth-order valence-corrected chi connectivity index (χ4v) is 3.97. The van der Waals surface area contributed by atoms with Crippen molar-refractivity contribution in [2.24, 2.45) is 0 Å². The maximum atomic E-state index is 12.6. The highest BCUT2D eigenvalue weighted by molar-refractivity contribution is 5.85. The molecule has 2 heterocycles. The molecule has 134 valence electrons. The number of hydrogen-bond donors (Lipinski definition) is 1. The summed E-state index contributed by atoms with van der Waals surface area (Å²) in [4.78, 5) is 14.6. The lowest BCUT2D eigenvalue weighted by molar-refractivity contribution is -0.132. The maximum Gasteiger partial charge on any atom is 0.222 e. The molecule has 4 nitrogen and oxygen atoms in total. The SMILES string of the molecule is CCOc1ccccc1CCC(=O)N(C)C1CC2CCC(C1)N2.Cl. The Morgan fingerprint density at radius 3 is 2.58 bits per heavy atom. The molecule has 1 aromatic rings. The molecular formula is C19H29ClN2O2. The van der Waals surface area contributed by atoms with Crippen molar-refractivity contribution in [3.63, 3.8) is 0 Å². The molecule has 2 aliphatic heterocycles. The van der Waals surface area contributed by atoms with E-state index in [0.717, 1.165) is 30.6 Å². The molecule has 24 heavy (non-hydrogen) atoms. The summed E-state index contributed by atoms with van der Waals surface area (Å²) in [5, 5.41) is 3.64. The number of carbonyl (C=O) groups excluding carboxylic acids is 1. The molecule has 5 heteroatoms. The Morgan fingerprint density at radius 1 is 1.25 bits per heavy atom. The molecule has 1 N–H and O–H groups in total. The lowest BCUT2D eigenvalue weighted by atomic mass is 9.98. The number of nitrogens with one attached hydrogen (secondary N) is 1. The number of benzene rings is 1. The fourth-order valence-electron chi connectivity index (χ4n) is 3.97. The van der Waals surface area contributed by atoms with Gasteiger partial charge < -0.3 is 15.0 Å². The normalized spacial score (nSPS) is 25.0. The molecule has 3 rings (SSSR count). The highest BCUT2D eigenvalue weighted by Gasteiger charge is 2.36. The zero-order valence-corrected chi connectivity index (χ0v) is 15.5. The molecule has 0 radical (unpaired) electrons. The van der Waals surface area contributed by atoms with Gasteiger partial charge in [-0.05, 0) is 50.7 Å². The molecule has 0 aliphatic carbocycles. The lowest BCUT2D eigenvalue weighted by Gasteiger charge is -2.35. The van der Waals surface area contributed by atoms with E-state index in [0.29, 0.717) is 31.2 Å². The number of halogens is 1. The predicted molar refractivity (Wildman–Crippen MR) is 98.9 cm³/mol. The first-order valence-corrected chi connectivity index (χ1v) is 8.89. The van der Waals surface area contributed by atoms with Gasteiger partial charge in [0.15, 0.2) is 0 Å². The Kier molecular flexibility index (Phi) is 6.93. The average molecular weight is 353 g/mol. The fraction of sp³-hybridized carbons (Fsp3) is 0.632. The van der Waals surface area contributed by atoms with Gasteiger partial charge in [-0.3, -0.25) is 4.79 Å². The molecule has 2 fully saturated rings. The summed E-state index contributed by atoms with van der Waals surface area (Å²) in [7, 11) is 1.98. The van der Waals surface area contributed by atoms with E-state index in [1.54, 1.807) is 0 Å². The Balaban J connectivity index is 0.00000208. The molecule has 2 atom stereocenters. The number of nitrogens with zero attached hydrogens (tertiary/aromatic N) is 1. The minimum absolute atomic E-state index is 0. The number of hydrogen-bond acceptors (Lipinski definition) is 3. The Morgan fingerprint density at radius 2 is 1.92 bits per heavy atom. The number of fused-ring (bicyclic) bond motifs is 2. The van der Waals surface area contributed by atoms with Crippen molar-refractivity contribution in [1.82, 2.24) is 10.2 Å². The van der Waals surface area contributed by atoms with Gasteiger partial charge in [-0.25, -0.2) is 0 Å². The van der Waals surface area contributed by atoms with Crippen LogP contribution in [0.15, 0.2) is 24.3 Å². The van der Waals surface area contributed by atoms with Gasteiger partial charge in [0.1, 0.15) is 5.75 Å². The molecule has 2 unspecified atom stereocenters. The van der Waals surface area contributed by atoms with Crippen molar-refractivity contribution in [3.8, 4) is 5.75 Å². The Labute approximate surface area is 151 Å². The summed E-state index contributed by atoms with van der Waals surface area (Å²) in [5.41, 5.74) is 1.13. The first-order chi connectivity index (χ1) is 11.2. The van der Waals surface area contributed by atoms with Crippen LogP contribution < -0.4 is 10.1 Å². The summed E-state index contributed by atoms with van der Waals surface area (Å²) >= 11 is 0. The largest absolute Gasteiger partial charge is 0.494 e. The smallest absolute Gasteiger partial charge is 0.222 e. The highest BCUT2D eigenvalue weighted by Crippen LogP contribution is 2.29. The van der Waals surface area contributed by atoms with Crippen LogP contribution in [-0.2, 0) is 11.2 Å². The quantitative estimate of drug-likeness (QED) is 0.855. The van der Waals surface area contributed by atoms with E-state index in [2.05, 4.69) is 11.4 Å². The van der Waals surface area contributed by atoms with Crippen LogP contribution in [0, 0.1) is 0 Å². The Bertz CT molecular complexity index is 540. The lowest BCUT2D eigenvalue weighted by Crippen LogP contribution is -2.48. The van der Waals surface area contributed by atoms with E-state index in [1.807, 2.05) is 37.1 Å². The summed E-state index contributed by atoms with van der Waals surface area (Å²) in [5.74, 6) is 1.16. The third-order valence-corrected chi connectivity index (χ3v) is 5.27. The van der Waals surface area contributed by atoms with Crippen LogP contribution in [0.25, 0.3) is 0 Å². The van der Waals surface area contributed by atoms with E-state index in [9.17, 15) is 4.79 Å². The van der Waals surface area contributed by atoms with Crippen LogP contribution in [0.3, 0.4) is 0 Å². The van der Waals surface area contributed by atoms with E-state index in [4.69, 9.17) is 4.74 Å². The van der Waals surface area contributed by atoms with Crippen molar-refractivity contribution in [3.05, 3.63) is 29.8 Å². The number of carbonyl (C=O) groups is 1. The minimum atomic E-state index is 0. The van der Waals surface area contributed by atoms with E-state index >= 15 is 0 Å². The van der Waals surface area contributed by atoms with Crippen molar-refractivity contribution in [2.75, 3.05) is 13.7 Å². The number of ether oxygens (including phenoxy) is 1. The van der Waals surface area contributed by atoms with Crippen LogP contribution in [0.1, 0.15) is 44.6 Å². The average Bonchev–Trinajstić information content (AvgIpc) is 2.91. The second kappa shape index (κ2) is 8.72. The summed E-state index contributed by atoms with van der Waals surface area (Å²) in [6.45, 7) is 2.64. The van der Waals surface area contributed by atoms with Gasteiger partial charge in [-0.15, -0.1) is 12.4 Å². The number of rotatable bonds is 6. The second-order valence-corrected chi connectivity index (χ2v) is 6.81. The van der Waals surface area contributed by atoms with Crippen molar-refractivity contribution < 1.29 is 9.53 Å². The van der Waals surface area contributed by atoms with Crippen LogP contribution in [-0.4, -0.2) is 42.6 Å². The van der Waals surface area contributed by atoms with Crippen molar-refractivity contribution in [1.29, 1.82) is 0 Å². The van der Waals surface area contributed by atoms with E-state index < -0.39 is 0 Å². The molecule has 0 saturated carbocycles. The molecule has 2 saturated heterocycles. The van der Waals surface area contributed by atoms with Gasteiger partial charge >= 0.3 is 0 Å². The van der Waals surface area contributed by atoms with Crippen molar-refractivity contribution >= 4 is 18.3 Å². The first kappa shape index (κ1) is 19.1. The molecule has 2 bridgehead atoms. The Hall–Kier alpha value is -1.26. The summed E-state index contributed by atoms with van der Waals surface area (Å²) in [6, 6.07) is 9.67. The van der Waals surface area contributed by atoms with Gasteiger partial charge in [-0.1, -0.05) is 18.2 Å². The molecule has 2 aliphatic rings. The second-order valence-electron chi connectivity index (χ2n) is 6.81. The van der Waals surface area contributed by atoms with E-state index in [1.165, 1.54) is 12.8 Å². The third-order valence-electron chi connectivity index (χ3n) is 5.27. The standard InChI is InChI=1S/C19H28N2O2.ClH/c1-3-23-18-7-5-4-6-14(18)8-11-19(22)21(2)17-12-15-9-10-16(13-17)20-15;/h4-7,15-17,20H,3,8-13H2,1-2H3;1H. The van der Waals surface area contributed by atoms with E-state index in [-0.39, 0.29) is 18.3 Å². The number of aryl methyl sites for hydroxylation is 1. The van der Waals surface area contributed by atoms with Crippen LogP contribution in [0.4, 0.5) is 0 Å². The molecule has 1 amide bonds. The zero-order chi connectivity index (χ0) is 16.2. The molecule has 1 aromatic carbocycles. The number of piperidine rings is 1. The van der Waals surface area contributed by atoms with Gasteiger partial charge in [0.25, 0.3) is 0 Å². The number of amides is 1. The minimum Gasteiger partial charge on any atom is -0.494 e. The van der Waals surface area contributed by atoms with Crippen molar-refractivity contribution in [2.45, 2.75) is 63.6 Å². The topological polar surface area (TPSA) is 41.6 Å². The van der Waals surface area contributed by atoms with Gasteiger partial charge in [0.2, 0.25) is 5.91 Å². The zero-order valence-electron chi connectivity index (χ0n) is 14.7. The highest BCUT2D eigenvalue weighted by atomic mass is 35.5. The summed E-state index contributed by atoms with van der Waals surface area (Å²) < 4.78 is 5.65. The van der Waals surface area contributed by atoms with Gasteiger partial charge in [0, 0.05) is 31.6 Å². The van der Waals surface area contributed by atoms with Gasteiger partial charge in [-0.2, -0.15) is 0 Å². The first-order valence-electron chi connectivity index (χ1n) is 8.89. The van der Waals surface area contributed by atoms with Crippen LogP contribution in [0.5, 0.6) is 5.75 Å². The third kappa shape index (κ3) is 4.42. The number of para-hydroxylation sites is 1. The molecule has 0 spiro atoms.